The van der Waals surface area contributed by atoms with E-state index in [1.165, 1.54) is 6.07 Å². The highest BCUT2D eigenvalue weighted by molar-refractivity contribution is 6.05. The number of halogens is 1. The van der Waals surface area contributed by atoms with Crippen molar-refractivity contribution in [1.29, 1.82) is 0 Å². The van der Waals surface area contributed by atoms with E-state index in [0.717, 1.165) is 25.8 Å². The second kappa shape index (κ2) is 5.71. The Morgan fingerprint density at radius 2 is 2.18 bits per heavy atom. The lowest BCUT2D eigenvalue weighted by Gasteiger charge is -2.37. The average molecular weight is 304 g/mol. The first-order valence-corrected chi connectivity index (χ1v) is 7.82. The van der Waals surface area contributed by atoms with Gasteiger partial charge < -0.3 is 9.74 Å². The molecule has 0 aliphatic carbocycles. The number of piperidine rings is 1. The molecule has 1 fully saturated rings. The second-order valence-electron chi connectivity index (χ2n) is 6.36. The van der Waals surface area contributed by atoms with Gasteiger partial charge in [0.1, 0.15) is 5.82 Å². The van der Waals surface area contributed by atoms with E-state index in [1.807, 2.05) is 4.90 Å². The van der Waals surface area contributed by atoms with Gasteiger partial charge in [-0.1, -0.05) is 23.4 Å². The zero-order valence-electron chi connectivity index (χ0n) is 13.0. The highest BCUT2D eigenvalue weighted by Crippen LogP contribution is 2.31. The summed E-state index contributed by atoms with van der Waals surface area (Å²) >= 11 is 0. The Balaban J connectivity index is 1.77. The van der Waals surface area contributed by atoms with Gasteiger partial charge in [0, 0.05) is 24.6 Å². The SMILES string of the molecule is CC1CCCCN1C(=O)C1(C)CC(c2ccccc2F)=NO1. The molecule has 2 unspecified atom stereocenters. The molecule has 2 atom stereocenters. The van der Waals surface area contributed by atoms with Gasteiger partial charge in [-0.05, 0) is 39.2 Å². The molecule has 1 amide bonds. The monoisotopic (exact) mass is 304 g/mol. The van der Waals surface area contributed by atoms with Gasteiger partial charge >= 0.3 is 0 Å². The zero-order valence-corrected chi connectivity index (χ0v) is 13.0. The predicted molar refractivity (Wildman–Crippen MR) is 82.1 cm³/mol. The maximum Gasteiger partial charge on any atom is 0.269 e. The third-order valence-electron chi connectivity index (χ3n) is 4.56. The molecule has 2 aliphatic heterocycles. The van der Waals surface area contributed by atoms with Gasteiger partial charge in [0.15, 0.2) is 0 Å². The molecule has 0 aromatic heterocycles. The number of nitrogens with zero attached hydrogens (tertiary/aromatic N) is 2. The zero-order chi connectivity index (χ0) is 15.7. The Morgan fingerprint density at radius 3 is 2.91 bits per heavy atom. The average Bonchev–Trinajstić information content (AvgIpc) is 2.91. The minimum Gasteiger partial charge on any atom is -0.379 e. The van der Waals surface area contributed by atoms with Gasteiger partial charge in [-0.3, -0.25) is 4.79 Å². The number of rotatable bonds is 2. The fourth-order valence-corrected chi connectivity index (χ4v) is 3.20. The summed E-state index contributed by atoms with van der Waals surface area (Å²) in [5.41, 5.74) is -0.118. The van der Waals surface area contributed by atoms with E-state index in [2.05, 4.69) is 12.1 Å². The summed E-state index contributed by atoms with van der Waals surface area (Å²) in [7, 11) is 0. The number of oxime groups is 1. The summed E-state index contributed by atoms with van der Waals surface area (Å²) in [5.74, 6) is -0.386. The van der Waals surface area contributed by atoms with E-state index in [4.69, 9.17) is 4.84 Å². The maximum absolute atomic E-state index is 13.9. The molecule has 5 heteroatoms. The first-order chi connectivity index (χ1) is 10.5. The number of amides is 1. The standard InChI is InChI=1S/C17H21FN2O2/c1-12-7-5-6-10-20(12)16(21)17(2)11-15(19-22-17)13-8-3-4-9-14(13)18/h3-4,8-9,12H,5-7,10-11H2,1-2H3. The Hall–Kier alpha value is -1.91. The number of hydrogen-bond acceptors (Lipinski definition) is 3. The van der Waals surface area contributed by atoms with E-state index in [1.54, 1.807) is 25.1 Å². The van der Waals surface area contributed by atoms with Gasteiger partial charge in [-0.2, -0.15) is 0 Å². The van der Waals surface area contributed by atoms with Crippen LogP contribution in [0, 0.1) is 5.82 Å². The smallest absolute Gasteiger partial charge is 0.269 e. The van der Waals surface area contributed by atoms with E-state index < -0.39 is 5.60 Å². The minimum absolute atomic E-state index is 0.0465. The van der Waals surface area contributed by atoms with E-state index in [-0.39, 0.29) is 17.8 Å². The lowest BCUT2D eigenvalue weighted by molar-refractivity contribution is -0.156. The minimum atomic E-state index is -1.02. The Labute approximate surface area is 129 Å². The first-order valence-electron chi connectivity index (χ1n) is 7.82. The summed E-state index contributed by atoms with van der Waals surface area (Å²) in [5, 5.41) is 3.99. The molecule has 0 radical (unpaired) electrons. The molecule has 1 aromatic carbocycles. The molecule has 22 heavy (non-hydrogen) atoms. The molecule has 2 aliphatic rings. The molecule has 118 valence electrons. The van der Waals surface area contributed by atoms with Gasteiger partial charge in [0.2, 0.25) is 5.60 Å². The topological polar surface area (TPSA) is 41.9 Å². The maximum atomic E-state index is 13.9. The largest absolute Gasteiger partial charge is 0.379 e. The van der Waals surface area contributed by atoms with Crippen LogP contribution in [-0.4, -0.2) is 34.7 Å². The Morgan fingerprint density at radius 1 is 1.41 bits per heavy atom. The van der Waals surface area contributed by atoms with Crippen LogP contribution in [0.5, 0.6) is 0 Å². The van der Waals surface area contributed by atoms with Crippen molar-refractivity contribution in [2.45, 2.75) is 51.2 Å². The van der Waals surface area contributed by atoms with Gasteiger partial charge in [-0.25, -0.2) is 4.39 Å². The van der Waals surface area contributed by atoms with Crippen LogP contribution in [0.3, 0.4) is 0 Å². The molecule has 4 nitrogen and oxygen atoms in total. The number of benzene rings is 1. The van der Waals surface area contributed by atoms with Crippen LogP contribution in [0.2, 0.25) is 0 Å². The number of hydrogen-bond donors (Lipinski definition) is 0. The quantitative estimate of drug-likeness (QED) is 0.842. The Kier molecular flexibility index (Phi) is 3.89. The summed E-state index contributed by atoms with van der Waals surface area (Å²) in [4.78, 5) is 20.2. The molecule has 0 bridgehead atoms. The number of carbonyl (C=O) groups is 1. The van der Waals surface area contributed by atoms with E-state index >= 15 is 0 Å². The van der Waals surface area contributed by atoms with Crippen LogP contribution in [0.25, 0.3) is 0 Å². The van der Waals surface area contributed by atoms with Crippen LogP contribution in [-0.2, 0) is 9.63 Å². The van der Waals surface area contributed by atoms with Gasteiger partial charge in [0.25, 0.3) is 5.91 Å². The lowest BCUT2D eigenvalue weighted by atomic mass is 9.92. The first kappa shape index (κ1) is 15.0. The third-order valence-corrected chi connectivity index (χ3v) is 4.56. The summed E-state index contributed by atoms with van der Waals surface area (Å²) in [6.45, 7) is 4.57. The van der Waals surface area contributed by atoms with Crippen molar-refractivity contribution in [1.82, 2.24) is 4.90 Å². The van der Waals surface area contributed by atoms with Crippen molar-refractivity contribution in [3.63, 3.8) is 0 Å². The van der Waals surface area contributed by atoms with Crippen molar-refractivity contribution in [2.24, 2.45) is 5.16 Å². The van der Waals surface area contributed by atoms with Gasteiger partial charge in [-0.15, -0.1) is 0 Å². The molecular weight excluding hydrogens is 283 g/mol. The van der Waals surface area contributed by atoms with Crippen LogP contribution >= 0.6 is 0 Å². The molecule has 3 rings (SSSR count). The molecule has 0 spiro atoms. The molecule has 2 heterocycles. The van der Waals surface area contributed by atoms with Crippen LogP contribution in [0.1, 0.15) is 45.1 Å². The van der Waals surface area contributed by atoms with E-state index in [9.17, 15) is 9.18 Å². The predicted octanol–water partition coefficient (Wildman–Crippen LogP) is 3.11. The second-order valence-corrected chi connectivity index (χ2v) is 6.36. The fourth-order valence-electron chi connectivity index (χ4n) is 3.20. The van der Waals surface area contributed by atoms with Crippen molar-refractivity contribution >= 4 is 11.6 Å². The number of likely N-dealkylation sites (tertiary alicyclic amines) is 1. The Bertz CT molecular complexity index is 616. The highest BCUT2D eigenvalue weighted by Gasteiger charge is 2.46. The van der Waals surface area contributed by atoms with Gasteiger partial charge in [0.05, 0.1) is 5.71 Å². The summed E-state index contributed by atoms with van der Waals surface area (Å²) < 4.78 is 13.9. The van der Waals surface area contributed by atoms with Crippen LogP contribution in [0.4, 0.5) is 4.39 Å². The lowest BCUT2D eigenvalue weighted by Crippen LogP contribution is -2.52. The third kappa shape index (κ3) is 2.60. The normalized spacial score (nSPS) is 28.2. The fraction of sp³-hybridized carbons (Fsp3) is 0.529. The van der Waals surface area contributed by atoms with Crippen molar-refractivity contribution in [3.05, 3.63) is 35.6 Å². The van der Waals surface area contributed by atoms with Crippen molar-refractivity contribution in [3.8, 4) is 0 Å². The van der Waals surface area contributed by atoms with Crippen molar-refractivity contribution in [2.75, 3.05) is 6.54 Å². The molecule has 0 saturated carbocycles. The van der Waals surface area contributed by atoms with E-state index in [0.29, 0.717) is 17.7 Å². The molecule has 1 saturated heterocycles. The highest BCUT2D eigenvalue weighted by atomic mass is 19.1. The van der Waals surface area contributed by atoms with Crippen LogP contribution in [0.15, 0.2) is 29.4 Å². The molecular formula is C17H21FN2O2. The molecule has 0 N–H and O–H groups in total. The van der Waals surface area contributed by atoms with Crippen LogP contribution < -0.4 is 0 Å². The molecule has 1 aromatic rings. The summed E-state index contributed by atoms with van der Waals surface area (Å²) in [6.07, 6.45) is 3.49. The number of carbonyl (C=O) groups excluding carboxylic acids is 1. The van der Waals surface area contributed by atoms with Crippen molar-refractivity contribution < 1.29 is 14.0 Å². The summed E-state index contributed by atoms with van der Waals surface area (Å²) in [6, 6.07) is 6.67.